The van der Waals surface area contributed by atoms with Crippen molar-refractivity contribution in [2.24, 2.45) is 10.9 Å². The van der Waals surface area contributed by atoms with Gasteiger partial charge in [0.15, 0.2) is 5.96 Å². The Morgan fingerprint density at radius 2 is 1.85 bits per heavy atom. The maximum absolute atomic E-state index is 12.9. The molecular weight excluding hydrogens is 462 g/mol. The van der Waals surface area contributed by atoms with E-state index in [1.165, 1.54) is 12.1 Å². The van der Waals surface area contributed by atoms with Crippen LogP contribution in [0, 0.1) is 11.7 Å². The first-order valence-electron chi connectivity index (χ1n) is 8.74. The number of nitrogens with one attached hydrogen (secondary N) is 2. The van der Waals surface area contributed by atoms with Crippen LogP contribution in [0.3, 0.4) is 0 Å². The van der Waals surface area contributed by atoms with Crippen molar-refractivity contribution >= 4 is 36.0 Å². The highest BCUT2D eigenvalue weighted by Gasteiger charge is 2.20. The molecular formula is C19H32FIN4O2. The van der Waals surface area contributed by atoms with Crippen LogP contribution >= 0.6 is 24.0 Å². The lowest BCUT2D eigenvalue weighted by molar-refractivity contribution is 0.0278. The lowest BCUT2D eigenvalue weighted by Crippen LogP contribution is -2.42. The number of hydrogen-bond acceptors (Lipinski definition) is 3. The van der Waals surface area contributed by atoms with Crippen LogP contribution < -0.4 is 10.6 Å². The lowest BCUT2D eigenvalue weighted by Gasteiger charge is -2.26. The smallest absolute Gasteiger partial charge is 0.410 e. The molecule has 1 aromatic carbocycles. The molecule has 0 fully saturated rings. The second kappa shape index (κ2) is 12.0. The minimum absolute atomic E-state index is 0. The minimum Gasteiger partial charge on any atom is -0.444 e. The molecule has 0 aliphatic rings. The van der Waals surface area contributed by atoms with Gasteiger partial charge >= 0.3 is 6.09 Å². The molecule has 0 bridgehead atoms. The number of carbonyl (C=O) groups is 1. The molecule has 0 saturated carbocycles. The van der Waals surface area contributed by atoms with Crippen molar-refractivity contribution in [2.75, 3.05) is 27.2 Å². The predicted octanol–water partition coefficient (Wildman–Crippen LogP) is 3.61. The summed E-state index contributed by atoms with van der Waals surface area (Å²) in [5.74, 6) is 0.608. The van der Waals surface area contributed by atoms with E-state index in [4.69, 9.17) is 4.74 Å². The quantitative estimate of drug-likeness (QED) is 0.361. The van der Waals surface area contributed by atoms with E-state index in [1.807, 2.05) is 27.7 Å². The third kappa shape index (κ3) is 11.0. The normalized spacial score (nSPS) is 12.6. The van der Waals surface area contributed by atoms with Gasteiger partial charge in [-0.25, -0.2) is 9.18 Å². The number of nitrogens with zero attached hydrogens (tertiary/aromatic N) is 2. The van der Waals surface area contributed by atoms with Gasteiger partial charge in [-0.15, -0.1) is 24.0 Å². The molecule has 0 aliphatic heterocycles. The molecule has 0 aromatic heterocycles. The van der Waals surface area contributed by atoms with E-state index in [9.17, 15) is 9.18 Å². The molecule has 0 aliphatic carbocycles. The van der Waals surface area contributed by atoms with E-state index in [1.54, 1.807) is 31.1 Å². The maximum atomic E-state index is 12.9. The predicted molar refractivity (Wildman–Crippen MR) is 118 cm³/mol. The first-order chi connectivity index (χ1) is 12.1. The zero-order chi connectivity index (χ0) is 19.7. The number of guanidine groups is 1. The molecule has 0 heterocycles. The van der Waals surface area contributed by atoms with Crippen molar-refractivity contribution in [3.63, 3.8) is 0 Å². The Morgan fingerprint density at radius 3 is 2.37 bits per heavy atom. The fourth-order valence-corrected chi connectivity index (χ4v) is 2.23. The van der Waals surface area contributed by atoms with E-state index >= 15 is 0 Å². The molecule has 154 valence electrons. The average molecular weight is 494 g/mol. The van der Waals surface area contributed by atoms with E-state index in [0.717, 1.165) is 5.56 Å². The number of aliphatic imine (C=N–C) groups is 1. The number of carbonyl (C=O) groups excluding carboxylic acids is 1. The number of ether oxygens (including phenoxy) is 1. The molecule has 0 spiro atoms. The Morgan fingerprint density at radius 1 is 1.26 bits per heavy atom. The van der Waals surface area contributed by atoms with Crippen molar-refractivity contribution in [1.29, 1.82) is 0 Å². The summed E-state index contributed by atoms with van der Waals surface area (Å²) in [6.45, 7) is 9.35. The second-order valence-electron chi connectivity index (χ2n) is 7.40. The molecule has 1 aromatic rings. The lowest BCUT2D eigenvalue weighted by atomic mass is 10.1. The summed E-state index contributed by atoms with van der Waals surface area (Å²) in [5, 5.41) is 6.41. The summed E-state index contributed by atoms with van der Waals surface area (Å²) < 4.78 is 18.3. The molecule has 27 heavy (non-hydrogen) atoms. The standard InChI is InChI=1S/C19H31FN4O2.HI/c1-14(13-24(6)18(25)26-19(2,3)4)11-22-17(21-5)23-12-15-7-9-16(20)10-8-15;/h7-10,14H,11-13H2,1-6H3,(H2,21,22,23);1H. The number of rotatable bonds is 6. The molecule has 0 saturated heterocycles. The molecule has 1 atom stereocenters. The average Bonchev–Trinajstić information content (AvgIpc) is 2.55. The highest BCUT2D eigenvalue weighted by Crippen LogP contribution is 2.10. The van der Waals surface area contributed by atoms with Gasteiger partial charge in [-0.2, -0.15) is 0 Å². The fraction of sp³-hybridized carbons (Fsp3) is 0.579. The number of halogens is 2. The summed E-state index contributed by atoms with van der Waals surface area (Å²) in [5.41, 5.74) is 0.464. The maximum Gasteiger partial charge on any atom is 0.410 e. The molecule has 1 amide bonds. The topological polar surface area (TPSA) is 66.0 Å². The summed E-state index contributed by atoms with van der Waals surface area (Å²) in [6.07, 6.45) is -0.330. The van der Waals surface area contributed by atoms with Crippen LogP contribution in [0.4, 0.5) is 9.18 Å². The minimum atomic E-state index is -0.501. The summed E-state index contributed by atoms with van der Waals surface area (Å²) in [7, 11) is 3.42. The van der Waals surface area contributed by atoms with Crippen molar-refractivity contribution in [3.8, 4) is 0 Å². The molecule has 1 unspecified atom stereocenters. The molecule has 0 radical (unpaired) electrons. The van der Waals surface area contributed by atoms with Crippen LogP contribution in [0.5, 0.6) is 0 Å². The van der Waals surface area contributed by atoms with Crippen LogP contribution in [-0.4, -0.2) is 49.7 Å². The third-order valence-corrected chi connectivity index (χ3v) is 3.51. The van der Waals surface area contributed by atoms with Crippen LogP contribution in [0.25, 0.3) is 0 Å². The number of hydrogen-bond donors (Lipinski definition) is 2. The van der Waals surface area contributed by atoms with Gasteiger partial charge in [0, 0.05) is 33.7 Å². The summed E-state index contributed by atoms with van der Waals surface area (Å²) in [6, 6.07) is 6.33. The molecule has 6 nitrogen and oxygen atoms in total. The first kappa shape index (κ1) is 25.4. The third-order valence-electron chi connectivity index (χ3n) is 3.51. The van der Waals surface area contributed by atoms with Crippen molar-refractivity contribution in [2.45, 2.75) is 39.8 Å². The Hall–Kier alpha value is -1.58. The SMILES string of the molecule is CN=C(NCc1ccc(F)cc1)NCC(C)CN(C)C(=O)OC(C)(C)C.I. The van der Waals surface area contributed by atoms with Crippen molar-refractivity contribution in [3.05, 3.63) is 35.6 Å². The van der Waals surface area contributed by atoms with Crippen LogP contribution in [-0.2, 0) is 11.3 Å². The Balaban J connectivity index is 0.00000676. The Kier molecular flexibility index (Phi) is 11.3. The largest absolute Gasteiger partial charge is 0.444 e. The van der Waals surface area contributed by atoms with Gasteiger partial charge in [-0.3, -0.25) is 4.99 Å². The van der Waals surface area contributed by atoms with Gasteiger partial charge in [0.25, 0.3) is 0 Å². The van der Waals surface area contributed by atoms with Gasteiger partial charge in [0.05, 0.1) is 0 Å². The Bertz CT molecular complexity index is 603. The van der Waals surface area contributed by atoms with E-state index in [0.29, 0.717) is 25.6 Å². The molecule has 2 N–H and O–H groups in total. The highest BCUT2D eigenvalue weighted by atomic mass is 127. The zero-order valence-corrected chi connectivity index (χ0v) is 19.3. The summed E-state index contributed by atoms with van der Waals surface area (Å²) in [4.78, 5) is 17.7. The summed E-state index contributed by atoms with van der Waals surface area (Å²) >= 11 is 0. The van der Waals surface area contributed by atoms with Crippen LogP contribution in [0.1, 0.15) is 33.3 Å². The molecule has 1 rings (SSSR count). The number of benzene rings is 1. The van der Waals surface area contributed by atoms with E-state index < -0.39 is 5.60 Å². The monoisotopic (exact) mass is 494 g/mol. The number of amides is 1. The Labute approximate surface area is 179 Å². The van der Waals surface area contributed by atoms with Gasteiger partial charge in [-0.05, 0) is 44.4 Å². The van der Waals surface area contributed by atoms with Gasteiger partial charge < -0.3 is 20.3 Å². The van der Waals surface area contributed by atoms with Gasteiger partial charge in [0.2, 0.25) is 0 Å². The van der Waals surface area contributed by atoms with E-state index in [-0.39, 0.29) is 41.8 Å². The van der Waals surface area contributed by atoms with Crippen molar-refractivity contribution < 1.29 is 13.9 Å². The van der Waals surface area contributed by atoms with Gasteiger partial charge in [-0.1, -0.05) is 19.1 Å². The van der Waals surface area contributed by atoms with E-state index in [2.05, 4.69) is 15.6 Å². The second-order valence-corrected chi connectivity index (χ2v) is 7.40. The molecule has 8 heteroatoms. The fourth-order valence-electron chi connectivity index (χ4n) is 2.23. The highest BCUT2D eigenvalue weighted by molar-refractivity contribution is 14.0. The van der Waals surface area contributed by atoms with Crippen LogP contribution in [0.15, 0.2) is 29.3 Å². The first-order valence-corrected chi connectivity index (χ1v) is 8.74. The zero-order valence-electron chi connectivity index (χ0n) is 17.0. The van der Waals surface area contributed by atoms with Crippen LogP contribution in [0.2, 0.25) is 0 Å². The van der Waals surface area contributed by atoms with Gasteiger partial charge in [0.1, 0.15) is 11.4 Å². The van der Waals surface area contributed by atoms with Crippen molar-refractivity contribution in [1.82, 2.24) is 15.5 Å².